The molecule has 0 atom stereocenters. The molecule has 0 radical (unpaired) electrons. The van der Waals surface area contributed by atoms with Crippen LogP contribution in [0.5, 0.6) is 0 Å². The van der Waals surface area contributed by atoms with Gasteiger partial charge >= 0.3 is 0 Å². The second kappa shape index (κ2) is 6.91. The van der Waals surface area contributed by atoms with Crippen LogP contribution in [0.4, 0.5) is 0 Å². The lowest BCUT2D eigenvalue weighted by Crippen LogP contribution is -2.14. The number of hydrogen-bond acceptors (Lipinski definition) is 5. The minimum atomic E-state index is -0.497. The Morgan fingerprint density at radius 1 is 1.15 bits per heavy atom. The van der Waals surface area contributed by atoms with Crippen LogP contribution in [0.15, 0.2) is 30.3 Å². The van der Waals surface area contributed by atoms with Crippen molar-refractivity contribution < 1.29 is 9.59 Å². The summed E-state index contributed by atoms with van der Waals surface area (Å²) in [4.78, 5) is 25.0. The van der Waals surface area contributed by atoms with Gasteiger partial charge in [0.05, 0.1) is 0 Å². The number of rotatable bonds is 6. The molecule has 0 bridgehead atoms. The Hall–Kier alpha value is -3.29. The summed E-state index contributed by atoms with van der Waals surface area (Å²) < 4.78 is 2.09. The molecule has 2 N–H and O–H groups in total. The van der Waals surface area contributed by atoms with Crippen molar-refractivity contribution in [3.63, 3.8) is 0 Å². The van der Waals surface area contributed by atoms with E-state index in [2.05, 4.69) is 20.0 Å². The summed E-state index contributed by atoms with van der Waals surface area (Å²) in [5.74, 6) is -0.179. The summed E-state index contributed by atoms with van der Waals surface area (Å²) in [6.45, 7) is 6.79. The molecule has 0 aliphatic rings. The fourth-order valence-corrected chi connectivity index (χ4v) is 2.99. The first-order valence-corrected chi connectivity index (χ1v) is 8.28. The number of hydrogen-bond donors (Lipinski definition) is 1. The lowest BCUT2D eigenvalue weighted by atomic mass is 10.1. The Morgan fingerprint density at radius 2 is 1.85 bits per heavy atom. The van der Waals surface area contributed by atoms with Gasteiger partial charge in [-0.25, -0.2) is 0 Å². The molecule has 8 heteroatoms. The second-order valence-electron chi connectivity index (χ2n) is 6.04. The van der Waals surface area contributed by atoms with E-state index in [1.54, 1.807) is 24.3 Å². The summed E-state index contributed by atoms with van der Waals surface area (Å²) in [6, 6.07) is 8.48. The number of amides is 1. The van der Waals surface area contributed by atoms with E-state index in [1.165, 1.54) is 4.80 Å². The normalized spacial score (nSPS) is 10.9. The highest BCUT2D eigenvalue weighted by molar-refractivity contribution is 5.97. The maximum absolute atomic E-state index is 12.6. The van der Waals surface area contributed by atoms with Crippen molar-refractivity contribution in [3.05, 3.63) is 52.8 Å². The van der Waals surface area contributed by atoms with Crippen LogP contribution < -0.4 is 5.73 Å². The third-order valence-electron chi connectivity index (χ3n) is 4.36. The average molecular weight is 352 g/mol. The van der Waals surface area contributed by atoms with E-state index in [9.17, 15) is 9.59 Å². The van der Waals surface area contributed by atoms with Crippen LogP contribution in [-0.2, 0) is 13.1 Å². The fraction of sp³-hybridized carbons (Fsp3) is 0.278. The van der Waals surface area contributed by atoms with Crippen LogP contribution >= 0.6 is 0 Å². The Balaban J connectivity index is 1.78. The zero-order valence-corrected chi connectivity index (χ0v) is 14.9. The zero-order chi connectivity index (χ0) is 18.8. The van der Waals surface area contributed by atoms with Crippen molar-refractivity contribution in [2.45, 2.75) is 33.9 Å². The molecule has 1 amide bonds. The number of aryl methyl sites for hydroxylation is 1. The summed E-state index contributed by atoms with van der Waals surface area (Å²) in [7, 11) is 0. The first kappa shape index (κ1) is 17.5. The molecule has 0 unspecified atom stereocenters. The second-order valence-corrected chi connectivity index (χ2v) is 6.04. The number of carbonyl (C=O) groups is 2. The van der Waals surface area contributed by atoms with Crippen molar-refractivity contribution in [1.82, 2.24) is 24.8 Å². The number of Topliss-reactive ketones (excluding diaryl/α,β-unsaturated/α-hetero) is 1. The summed E-state index contributed by atoms with van der Waals surface area (Å²) in [5.41, 5.74) is 8.99. The highest BCUT2D eigenvalue weighted by Gasteiger charge is 2.17. The molecule has 2 heterocycles. The van der Waals surface area contributed by atoms with Crippen molar-refractivity contribution in [3.8, 4) is 11.4 Å². The number of aromatic nitrogens is 5. The highest BCUT2D eigenvalue weighted by atomic mass is 16.1. The molecule has 0 fully saturated rings. The van der Waals surface area contributed by atoms with Crippen LogP contribution in [0, 0.1) is 13.8 Å². The van der Waals surface area contributed by atoms with Crippen LogP contribution in [0.1, 0.15) is 39.0 Å². The SMILES string of the molecule is CCn1c(C)cc(C(=O)Cn2nnc(-c3ccc(C(N)=O)cc3)n2)c1C. The molecular formula is C18H20N6O2. The van der Waals surface area contributed by atoms with Gasteiger partial charge in [0, 0.05) is 34.6 Å². The van der Waals surface area contributed by atoms with Gasteiger partial charge < -0.3 is 10.3 Å². The topological polar surface area (TPSA) is 109 Å². The molecular weight excluding hydrogens is 332 g/mol. The van der Waals surface area contributed by atoms with Crippen LogP contribution in [0.3, 0.4) is 0 Å². The molecule has 0 saturated heterocycles. The Labute approximate surface area is 150 Å². The van der Waals surface area contributed by atoms with Crippen molar-refractivity contribution >= 4 is 11.7 Å². The molecule has 0 aliphatic carbocycles. The van der Waals surface area contributed by atoms with Gasteiger partial charge in [0.15, 0.2) is 5.78 Å². The van der Waals surface area contributed by atoms with E-state index < -0.39 is 5.91 Å². The third kappa shape index (κ3) is 3.26. The minimum Gasteiger partial charge on any atom is -0.366 e. The molecule has 134 valence electrons. The number of carbonyl (C=O) groups excluding carboxylic acids is 2. The van der Waals surface area contributed by atoms with Crippen molar-refractivity contribution in [2.24, 2.45) is 5.73 Å². The maximum atomic E-state index is 12.6. The number of nitrogens with two attached hydrogens (primary N) is 1. The lowest BCUT2D eigenvalue weighted by molar-refractivity contribution is 0.0959. The van der Waals surface area contributed by atoms with Crippen LogP contribution in [-0.4, -0.2) is 36.5 Å². The molecule has 0 saturated carbocycles. The molecule has 2 aromatic heterocycles. The van der Waals surface area contributed by atoms with Gasteiger partial charge in [-0.3, -0.25) is 9.59 Å². The smallest absolute Gasteiger partial charge is 0.248 e. The Morgan fingerprint density at radius 3 is 2.42 bits per heavy atom. The van der Waals surface area contributed by atoms with E-state index >= 15 is 0 Å². The highest BCUT2D eigenvalue weighted by Crippen LogP contribution is 2.17. The van der Waals surface area contributed by atoms with E-state index in [4.69, 9.17) is 5.73 Å². The van der Waals surface area contributed by atoms with Gasteiger partial charge in [0.25, 0.3) is 0 Å². The number of primary amides is 1. The maximum Gasteiger partial charge on any atom is 0.248 e. The van der Waals surface area contributed by atoms with Crippen LogP contribution in [0.25, 0.3) is 11.4 Å². The van der Waals surface area contributed by atoms with Gasteiger partial charge in [-0.2, -0.15) is 4.80 Å². The van der Waals surface area contributed by atoms with Gasteiger partial charge in [0.2, 0.25) is 11.7 Å². The first-order chi connectivity index (χ1) is 12.4. The van der Waals surface area contributed by atoms with Gasteiger partial charge in [-0.05, 0) is 44.2 Å². The Kier molecular flexibility index (Phi) is 4.66. The standard InChI is InChI=1S/C18H20N6O2/c1-4-23-11(2)9-15(12(23)3)16(25)10-24-21-18(20-22-24)14-7-5-13(6-8-14)17(19)26/h5-9H,4,10H2,1-3H3,(H2,19,26). The van der Waals surface area contributed by atoms with E-state index in [0.29, 0.717) is 22.5 Å². The molecule has 3 rings (SSSR count). The molecule has 3 aromatic rings. The largest absolute Gasteiger partial charge is 0.366 e. The number of benzene rings is 1. The summed E-state index contributed by atoms with van der Waals surface area (Å²) in [6.07, 6.45) is 0. The van der Waals surface area contributed by atoms with Gasteiger partial charge in [-0.1, -0.05) is 12.1 Å². The quantitative estimate of drug-likeness (QED) is 0.680. The number of tetrazole rings is 1. The predicted molar refractivity (Wildman–Crippen MR) is 95.7 cm³/mol. The van der Waals surface area contributed by atoms with Crippen molar-refractivity contribution in [1.29, 1.82) is 0 Å². The third-order valence-corrected chi connectivity index (χ3v) is 4.36. The van der Waals surface area contributed by atoms with E-state index in [0.717, 1.165) is 17.9 Å². The molecule has 1 aromatic carbocycles. The predicted octanol–water partition coefficient (Wildman–Crippen LogP) is 1.76. The molecule has 0 aliphatic heterocycles. The van der Waals surface area contributed by atoms with E-state index in [-0.39, 0.29) is 12.3 Å². The first-order valence-electron chi connectivity index (χ1n) is 8.28. The van der Waals surface area contributed by atoms with Crippen molar-refractivity contribution in [2.75, 3.05) is 0 Å². The fourth-order valence-electron chi connectivity index (χ4n) is 2.99. The van der Waals surface area contributed by atoms with Gasteiger partial charge in [0.1, 0.15) is 6.54 Å². The van der Waals surface area contributed by atoms with Crippen LogP contribution in [0.2, 0.25) is 0 Å². The van der Waals surface area contributed by atoms with E-state index in [1.807, 2.05) is 26.8 Å². The average Bonchev–Trinajstić information content (AvgIpc) is 3.19. The molecule has 0 spiro atoms. The number of nitrogens with zero attached hydrogens (tertiary/aromatic N) is 5. The monoisotopic (exact) mass is 352 g/mol. The molecule has 8 nitrogen and oxygen atoms in total. The lowest BCUT2D eigenvalue weighted by Gasteiger charge is -2.05. The summed E-state index contributed by atoms with van der Waals surface area (Å²) >= 11 is 0. The van der Waals surface area contributed by atoms with Gasteiger partial charge in [-0.15, -0.1) is 10.2 Å². The minimum absolute atomic E-state index is 0.0143. The summed E-state index contributed by atoms with van der Waals surface area (Å²) in [5, 5.41) is 12.2. The molecule has 26 heavy (non-hydrogen) atoms. The number of ketones is 1. The zero-order valence-electron chi connectivity index (χ0n) is 14.9. The Bertz CT molecular complexity index is 968.